The number of amides is 2. The zero-order chi connectivity index (χ0) is 27.9. The van der Waals surface area contributed by atoms with Crippen LogP contribution in [-0.2, 0) is 32.3 Å². The van der Waals surface area contributed by atoms with Crippen LogP contribution in [0.4, 0.5) is 0 Å². The fourth-order valence-corrected chi connectivity index (χ4v) is 5.25. The third-order valence-electron chi connectivity index (χ3n) is 7.40. The summed E-state index contributed by atoms with van der Waals surface area (Å²) in [5.74, 6) is -1.38. The lowest BCUT2D eigenvalue weighted by molar-refractivity contribution is -0.150. The Labute approximate surface area is 233 Å². The second-order valence-corrected chi connectivity index (χ2v) is 10.1. The minimum absolute atomic E-state index is 0.159. The quantitative estimate of drug-likeness (QED) is 0.394. The standard InChI is InChI=1S/C32H32N2O6/c35-29(33-19-7-13-27(33)31(37)39-21-23-9-3-1-4-10-23)25-15-17-26(18-16-25)30(36)34-20-8-14-28(34)32(38)40-22-24-11-5-2-6-12-24/h1-6,9-12,15-18,27-28H,7-8,13-14,19-22H2. The van der Waals surface area contributed by atoms with Gasteiger partial charge in [-0.1, -0.05) is 60.7 Å². The lowest BCUT2D eigenvalue weighted by Gasteiger charge is -2.24. The summed E-state index contributed by atoms with van der Waals surface area (Å²) in [5, 5.41) is 0. The van der Waals surface area contributed by atoms with Gasteiger partial charge >= 0.3 is 11.9 Å². The van der Waals surface area contributed by atoms with Crippen molar-refractivity contribution in [1.29, 1.82) is 0 Å². The summed E-state index contributed by atoms with van der Waals surface area (Å²) in [7, 11) is 0. The molecule has 206 valence electrons. The minimum atomic E-state index is -0.634. The van der Waals surface area contributed by atoms with Crippen molar-refractivity contribution in [2.45, 2.75) is 51.0 Å². The monoisotopic (exact) mass is 540 g/mol. The molecule has 2 heterocycles. The molecule has 8 nitrogen and oxygen atoms in total. The topological polar surface area (TPSA) is 93.2 Å². The Balaban J connectivity index is 1.18. The molecule has 0 aromatic heterocycles. The van der Waals surface area contributed by atoms with Crippen LogP contribution >= 0.6 is 0 Å². The van der Waals surface area contributed by atoms with E-state index in [9.17, 15) is 19.2 Å². The van der Waals surface area contributed by atoms with Crippen LogP contribution in [0.25, 0.3) is 0 Å². The molecule has 0 spiro atoms. The van der Waals surface area contributed by atoms with Crippen LogP contribution in [0.3, 0.4) is 0 Å². The van der Waals surface area contributed by atoms with Gasteiger partial charge in [0.25, 0.3) is 11.8 Å². The van der Waals surface area contributed by atoms with Gasteiger partial charge < -0.3 is 19.3 Å². The molecule has 2 aliphatic rings. The van der Waals surface area contributed by atoms with E-state index in [2.05, 4.69) is 0 Å². The van der Waals surface area contributed by atoms with Crippen LogP contribution in [0.5, 0.6) is 0 Å². The number of esters is 2. The Morgan fingerprint density at radius 3 is 1.32 bits per heavy atom. The summed E-state index contributed by atoms with van der Waals surface area (Å²) in [6.45, 7) is 1.24. The van der Waals surface area contributed by atoms with E-state index in [1.165, 1.54) is 0 Å². The van der Waals surface area contributed by atoms with Crippen molar-refractivity contribution < 1.29 is 28.7 Å². The third-order valence-corrected chi connectivity index (χ3v) is 7.40. The van der Waals surface area contributed by atoms with Crippen LogP contribution < -0.4 is 0 Å². The first kappa shape index (κ1) is 27.1. The van der Waals surface area contributed by atoms with Crippen molar-refractivity contribution in [1.82, 2.24) is 9.80 Å². The van der Waals surface area contributed by atoms with Crippen LogP contribution in [0.15, 0.2) is 84.9 Å². The van der Waals surface area contributed by atoms with Crippen molar-refractivity contribution in [3.05, 3.63) is 107 Å². The molecule has 40 heavy (non-hydrogen) atoms. The first-order chi connectivity index (χ1) is 19.5. The average molecular weight is 541 g/mol. The molecule has 2 aliphatic heterocycles. The van der Waals surface area contributed by atoms with Crippen LogP contribution in [0.2, 0.25) is 0 Å². The predicted octanol–water partition coefficient (Wildman–Crippen LogP) is 4.38. The molecular formula is C32H32N2O6. The molecule has 8 heteroatoms. The second-order valence-electron chi connectivity index (χ2n) is 10.1. The first-order valence-corrected chi connectivity index (χ1v) is 13.6. The molecule has 2 unspecified atom stereocenters. The van der Waals surface area contributed by atoms with Gasteiger partial charge in [-0.05, 0) is 61.1 Å². The highest BCUT2D eigenvalue weighted by molar-refractivity contribution is 6.00. The zero-order valence-corrected chi connectivity index (χ0v) is 22.2. The third kappa shape index (κ3) is 6.22. The molecule has 3 aromatic carbocycles. The Morgan fingerprint density at radius 1 is 0.575 bits per heavy atom. The maximum atomic E-state index is 13.3. The lowest BCUT2D eigenvalue weighted by atomic mass is 10.1. The Kier molecular flexibility index (Phi) is 8.54. The van der Waals surface area contributed by atoms with Gasteiger partial charge in [0.2, 0.25) is 0 Å². The van der Waals surface area contributed by atoms with E-state index in [1.54, 1.807) is 34.1 Å². The van der Waals surface area contributed by atoms with E-state index in [4.69, 9.17) is 9.47 Å². The van der Waals surface area contributed by atoms with Gasteiger partial charge in [-0.25, -0.2) is 9.59 Å². The highest BCUT2D eigenvalue weighted by Crippen LogP contribution is 2.24. The number of likely N-dealkylation sites (tertiary alicyclic amines) is 2. The van der Waals surface area contributed by atoms with Crippen LogP contribution in [0, 0.1) is 0 Å². The van der Waals surface area contributed by atoms with Gasteiger partial charge in [-0.2, -0.15) is 0 Å². The Hall–Kier alpha value is -4.46. The van der Waals surface area contributed by atoms with E-state index < -0.39 is 24.0 Å². The molecule has 0 radical (unpaired) electrons. The average Bonchev–Trinajstić information content (AvgIpc) is 3.70. The molecule has 3 aromatic rings. The number of benzene rings is 3. The molecule has 2 amide bonds. The molecule has 5 rings (SSSR count). The van der Waals surface area contributed by atoms with Crippen LogP contribution in [0.1, 0.15) is 57.5 Å². The molecular weight excluding hydrogens is 508 g/mol. The summed E-state index contributed by atoms with van der Waals surface area (Å²) in [5.41, 5.74) is 2.55. The molecule has 0 aliphatic carbocycles. The summed E-state index contributed by atoms with van der Waals surface area (Å²) < 4.78 is 11.0. The van der Waals surface area contributed by atoms with Crippen molar-refractivity contribution in [3.8, 4) is 0 Å². The first-order valence-electron chi connectivity index (χ1n) is 13.6. The number of hydrogen-bond acceptors (Lipinski definition) is 6. The van der Waals surface area contributed by atoms with Crippen molar-refractivity contribution >= 4 is 23.8 Å². The zero-order valence-electron chi connectivity index (χ0n) is 22.2. The molecule has 2 saturated heterocycles. The van der Waals surface area contributed by atoms with E-state index in [0.29, 0.717) is 49.9 Å². The smallest absolute Gasteiger partial charge is 0.329 e. The van der Waals surface area contributed by atoms with Crippen molar-refractivity contribution in [2.24, 2.45) is 0 Å². The fourth-order valence-electron chi connectivity index (χ4n) is 5.25. The summed E-state index contributed by atoms with van der Waals surface area (Å²) in [6, 6.07) is 23.9. The van der Waals surface area contributed by atoms with Crippen molar-refractivity contribution in [2.75, 3.05) is 13.1 Å². The molecule has 2 atom stereocenters. The Morgan fingerprint density at radius 2 is 0.950 bits per heavy atom. The van der Waals surface area contributed by atoms with Gasteiger partial charge in [0.05, 0.1) is 0 Å². The number of nitrogens with zero attached hydrogens (tertiary/aromatic N) is 2. The lowest BCUT2D eigenvalue weighted by Crippen LogP contribution is -2.42. The second kappa shape index (κ2) is 12.6. The van der Waals surface area contributed by atoms with Gasteiger partial charge in [0, 0.05) is 24.2 Å². The Bertz CT molecular complexity index is 1240. The van der Waals surface area contributed by atoms with Gasteiger partial charge in [-0.3, -0.25) is 9.59 Å². The fraction of sp³-hybridized carbons (Fsp3) is 0.312. The number of hydrogen-bond donors (Lipinski definition) is 0. The minimum Gasteiger partial charge on any atom is -0.459 e. The normalized spacial score (nSPS) is 18.4. The predicted molar refractivity (Wildman–Crippen MR) is 147 cm³/mol. The van der Waals surface area contributed by atoms with E-state index >= 15 is 0 Å². The van der Waals surface area contributed by atoms with Crippen LogP contribution in [-0.4, -0.2) is 58.7 Å². The highest BCUT2D eigenvalue weighted by atomic mass is 16.5. The summed E-state index contributed by atoms with van der Waals surface area (Å²) in [4.78, 5) is 55.1. The SMILES string of the molecule is O=C(OCc1ccccc1)C1CCCN1C(=O)c1ccc(C(=O)N2CCCC2C(=O)OCc2ccccc2)cc1. The number of ether oxygens (including phenoxy) is 2. The molecule has 0 N–H and O–H groups in total. The van der Waals surface area contributed by atoms with E-state index in [-0.39, 0.29) is 25.0 Å². The summed E-state index contributed by atoms with van der Waals surface area (Å²) in [6.07, 6.45) is 2.52. The largest absolute Gasteiger partial charge is 0.459 e. The number of carbonyl (C=O) groups is 4. The maximum absolute atomic E-state index is 13.3. The molecule has 2 fully saturated rings. The number of carbonyl (C=O) groups excluding carboxylic acids is 4. The van der Waals surface area contributed by atoms with E-state index in [1.807, 2.05) is 60.7 Å². The maximum Gasteiger partial charge on any atom is 0.329 e. The van der Waals surface area contributed by atoms with Gasteiger partial charge in [0.1, 0.15) is 25.3 Å². The number of rotatable bonds is 8. The molecule has 0 saturated carbocycles. The molecule has 0 bridgehead atoms. The van der Waals surface area contributed by atoms with Gasteiger partial charge in [-0.15, -0.1) is 0 Å². The highest BCUT2D eigenvalue weighted by Gasteiger charge is 2.37. The summed E-state index contributed by atoms with van der Waals surface area (Å²) >= 11 is 0. The van der Waals surface area contributed by atoms with E-state index in [0.717, 1.165) is 11.1 Å². The van der Waals surface area contributed by atoms with Gasteiger partial charge in [0.15, 0.2) is 0 Å². The van der Waals surface area contributed by atoms with Crippen molar-refractivity contribution in [3.63, 3.8) is 0 Å².